The topological polar surface area (TPSA) is 57.2 Å². The van der Waals surface area contributed by atoms with Crippen LogP contribution in [0, 0.1) is 20.8 Å². The quantitative estimate of drug-likeness (QED) is 0.0767. The summed E-state index contributed by atoms with van der Waals surface area (Å²) in [6.07, 6.45) is 1.64. The van der Waals surface area contributed by atoms with Gasteiger partial charge < -0.3 is 24.1 Å². The van der Waals surface area contributed by atoms with E-state index >= 15 is 0 Å². The average Bonchev–Trinajstić information content (AvgIpc) is 3.11. The van der Waals surface area contributed by atoms with E-state index in [0.29, 0.717) is 39.6 Å². The van der Waals surface area contributed by atoms with Gasteiger partial charge in [-0.1, -0.05) is 114 Å². The van der Waals surface area contributed by atoms with Crippen molar-refractivity contribution in [1.82, 2.24) is 0 Å². The fraction of sp³-hybridized carbons (Fsp3) is 0.302. The number of ether oxygens (including phenoxy) is 4. The molecule has 1 N–H and O–H groups in total. The first-order valence-electron chi connectivity index (χ1n) is 16.9. The smallest absolute Gasteiger partial charge is 0.119 e. The number of benzene rings is 5. The Morgan fingerprint density at radius 1 is 0.438 bits per heavy atom. The second-order valence-electron chi connectivity index (χ2n) is 12.3. The normalized spacial score (nSPS) is 11.4. The molecule has 0 spiro atoms. The average molecular weight is 645 g/mol. The first kappa shape index (κ1) is 34.9. The van der Waals surface area contributed by atoms with Crippen LogP contribution in [-0.2, 0) is 21.3 Å². The van der Waals surface area contributed by atoms with E-state index in [-0.39, 0.29) is 6.61 Å². The maximum Gasteiger partial charge on any atom is 0.119 e. The van der Waals surface area contributed by atoms with E-state index in [4.69, 9.17) is 24.1 Å². The third-order valence-corrected chi connectivity index (χ3v) is 8.65. The molecule has 0 aliphatic rings. The lowest BCUT2D eigenvalue weighted by atomic mass is 9.65. The largest absolute Gasteiger partial charge is 0.491 e. The van der Waals surface area contributed by atoms with Crippen molar-refractivity contribution in [2.45, 2.75) is 39.0 Å². The molecular formula is C43H48O5. The van der Waals surface area contributed by atoms with E-state index in [1.807, 2.05) is 24.3 Å². The van der Waals surface area contributed by atoms with Crippen LogP contribution in [0.1, 0.15) is 50.9 Å². The van der Waals surface area contributed by atoms with Crippen molar-refractivity contribution in [1.29, 1.82) is 0 Å². The van der Waals surface area contributed by atoms with Gasteiger partial charge in [-0.05, 0) is 85.7 Å². The van der Waals surface area contributed by atoms with Crippen molar-refractivity contribution in [3.8, 4) is 11.5 Å². The Morgan fingerprint density at radius 3 is 1.15 bits per heavy atom. The number of aliphatic hydroxyl groups excluding tert-OH is 1. The molecular weight excluding hydrogens is 596 g/mol. The number of rotatable bonds is 18. The van der Waals surface area contributed by atoms with E-state index in [9.17, 15) is 0 Å². The number of hydrogen-bond donors (Lipinski definition) is 1. The zero-order chi connectivity index (χ0) is 33.6. The fourth-order valence-electron chi connectivity index (χ4n) is 6.01. The summed E-state index contributed by atoms with van der Waals surface area (Å²) < 4.78 is 23.2. The molecule has 0 saturated heterocycles. The first-order valence-corrected chi connectivity index (χ1v) is 16.9. The first-order chi connectivity index (χ1) is 23.5. The van der Waals surface area contributed by atoms with Crippen molar-refractivity contribution in [3.05, 3.63) is 166 Å². The van der Waals surface area contributed by atoms with Crippen LogP contribution >= 0.6 is 0 Å². The standard InChI is InChI=1S/C43H48O5/c1-33-6-14-37(15-7-33)43(38-16-8-34(2)9-17-38,39-18-10-35(3)11-19-39)40-20-24-42(25-21-40)48-32-30-46-28-27-45-29-31-47-41-22-12-36(13-23-41)5-4-26-44/h6-25,44H,4-5,26-32H2,1-3H3. The van der Waals surface area contributed by atoms with Crippen LogP contribution in [0.5, 0.6) is 11.5 Å². The highest BCUT2D eigenvalue weighted by Crippen LogP contribution is 2.45. The third-order valence-electron chi connectivity index (χ3n) is 8.65. The summed E-state index contributed by atoms with van der Waals surface area (Å²) in [6.45, 7) is 9.50. The highest BCUT2D eigenvalue weighted by atomic mass is 16.6. The second-order valence-corrected chi connectivity index (χ2v) is 12.3. The van der Waals surface area contributed by atoms with Crippen LogP contribution in [0.2, 0.25) is 0 Å². The van der Waals surface area contributed by atoms with Gasteiger partial charge in [-0.25, -0.2) is 0 Å². The minimum absolute atomic E-state index is 0.209. The zero-order valence-corrected chi connectivity index (χ0v) is 28.5. The van der Waals surface area contributed by atoms with Crippen LogP contribution < -0.4 is 9.47 Å². The van der Waals surface area contributed by atoms with Gasteiger partial charge in [0.25, 0.3) is 0 Å². The number of hydrogen-bond acceptors (Lipinski definition) is 5. The monoisotopic (exact) mass is 644 g/mol. The molecule has 0 saturated carbocycles. The Bertz CT molecular complexity index is 1530. The molecule has 5 rings (SSSR count). The van der Waals surface area contributed by atoms with Gasteiger partial charge in [0.2, 0.25) is 0 Å². The minimum Gasteiger partial charge on any atom is -0.491 e. The molecule has 0 atom stereocenters. The SMILES string of the molecule is Cc1ccc(C(c2ccc(C)cc2)(c2ccc(C)cc2)c2ccc(OCCOCCOCCOc3ccc(CCCO)cc3)cc2)cc1. The summed E-state index contributed by atoms with van der Waals surface area (Å²) in [7, 11) is 0. The van der Waals surface area contributed by atoms with Crippen LogP contribution in [-0.4, -0.2) is 51.4 Å². The van der Waals surface area contributed by atoms with Crippen LogP contribution in [0.3, 0.4) is 0 Å². The van der Waals surface area contributed by atoms with Crippen molar-refractivity contribution in [2.24, 2.45) is 0 Å². The van der Waals surface area contributed by atoms with Crippen molar-refractivity contribution in [2.75, 3.05) is 46.2 Å². The summed E-state index contributed by atoms with van der Waals surface area (Å²) in [5.41, 5.74) is 9.26. The van der Waals surface area contributed by atoms with E-state index in [1.165, 1.54) is 44.5 Å². The lowest BCUT2D eigenvalue weighted by molar-refractivity contribution is 0.0273. The second kappa shape index (κ2) is 17.7. The molecule has 0 bridgehead atoms. The van der Waals surface area contributed by atoms with E-state index in [2.05, 4.69) is 118 Å². The summed E-state index contributed by atoms with van der Waals surface area (Å²) >= 11 is 0. The van der Waals surface area contributed by atoms with Gasteiger partial charge >= 0.3 is 0 Å². The Balaban J connectivity index is 1.15. The Kier molecular flexibility index (Phi) is 12.8. The van der Waals surface area contributed by atoms with Crippen LogP contribution in [0.15, 0.2) is 121 Å². The van der Waals surface area contributed by atoms with E-state index in [0.717, 1.165) is 24.3 Å². The molecule has 0 radical (unpaired) electrons. The van der Waals surface area contributed by atoms with Gasteiger partial charge in [-0.3, -0.25) is 0 Å². The number of aryl methyl sites for hydroxylation is 4. The van der Waals surface area contributed by atoms with E-state index in [1.54, 1.807) is 0 Å². The fourth-order valence-corrected chi connectivity index (χ4v) is 6.01. The van der Waals surface area contributed by atoms with Crippen LogP contribution in [0.4, 0.5) is 0 Å². The number of aliphatic hydroxyl groups is 1. The van der Waals surface area contributed by atoms with Crippen molar-refractivity contribution < 1.29 is 24.1 Å². The van der Waals surface area contributed by atoms with Gasteiger partial charge in [0, 0.05) is 6.61 Å². The molecule has 48 heavy (non-hydrogen) atoms. The molecule has 0 aliphatic heterocycles. The van der Waals surface area contributed by atoms with Gasteiger partial charge in [0.05, 0.1) is 31.8 Å². The lowest BCUT2D eigenvalue weighted by Crippen LogP contribution is -2.31. The third kappa shape index (κ3) is 9.13. The van der Waals surface area contributed by atoms with E-state index < -0.39 is 5.41 Å². The highest BCUT2D eigenvalue weighted by Gasteiger charge is 2.38. The highest BCUT2D eigenvalue weighted by molar-refractivity contribution is 5.60. The molecule has 5 aromatic rings. The molecule has 0 unspecified atom stereocenters. The molecule has 0 fully saturated rings. The van der Waals surface area contributed by atoms with Gasteiger partial charge in [-0.15, -0.1) is 0 Å². The molecule has 0 heterocycles. The predicted octanol–water partition coefficient (Wildman–Crippen LogP) is 8.41. The summed E-state index contributed by atoms with van der Waals surface area (Å²) in [6, 6.07) is 43.2. The summed E-state index contributed by atoms with van der Waals surface area (Å²) in [5, 5.41) is 8.96. The van der Waals surface area contributed by atoms with Crippen molar-refractivity contribution in [3.63, 3.8) is 0 Å². The van der Waals surface area contributed by atoms with Gasteiger partial charge in [0.1, 0.15) is 24.7 Å². The Morgan fingerprint density at radius 2 is 0.771 bits per heavy atom. The molecule has 250 valence electrons. The summed E-state index contributed by atoms with van der Waals surface area (Å²) in [5.74, 6) is 1.63. The molecule has 5 heteroatoms. The van der Waals surface area contributed by atoms with Crippen LogP contribution in [0.25, 0.3) is 0 Å². The van der Waals surface area contributed by atoms with Gasteiger partial charge in [-0.2, -0.15) is 0 Å². The Labute approximate surface area is 286 Å². The maximum atomic E-state index is 8.96. The van der Waals surface area contributed by atoms with Crippen molar-refractivity contribution >= 4 is 0 Å². The zero-order valence-electron chi connectivity index (χ0n) is 28.5. The summed E-state index contributed by atoms with van der Waals surface area (Å²) in [4.78, 5) is 0. The minimum atomic E-state index is -0.493. The lowest BCUT2D eigenvalue weighted by Gasteiger charge is -2.37. The molecule has 5 aromatic carbocycles. The molecule has 5 nitrogen and oxygen atoms in total. The molecule has 0 amide bonds. The molecule has 0 aromatic heterocycles. The molecule has 0 aliphatic carbocycles. The Hall–Kier alpha value is -4.42. The van der Waals surface area contributed by atoms with Gasteiger partial charge in [0.15, 0.2) is 0 Å². The maximum absolute atomic E-state index is 8.96. The predicted molar refractivity (Wildman–Crippen MR) is 193 cm³/mol.